The second kappa shape index (κ2) is 11.7. The first-order chi connectivity index (χ1) is 16.2. The van der Waals surface area contributed by atoms with Crippen molar-refractivity contribution in [3.05, 3.63) is 78.9 Å². The van der Waals surface area contributed by atoms with Gasteiger partial charge in [-0.2, -0.15) is 0 Å². The molecule has 0 bridgehead atoms. The van der Waals surface area contributed by atoms with Crippen molar-refractivity contribution in [3.8, 4) is 0 Å². The van der Waals surface area contributed by atoms with Gasteiger partial charge in [-0.15, -0.1) is 0 Å². The van der Waals surface area contributed by atoms with Crippen molar-refractivity contribution < 1.29 is 4.74 Å². The van der Waals surface area contributed by atoms with Crippen LogP contribution in [0.1, 0.15) is 6.42 Å². The Balaban J connectivity index is 1.45. The predicted molar refractivity (Wildman–Crippen MR) is 141 cm³/mol. The number of ether oxygens (including phenoxy) is 1. The van der Waals surface area contributed by atoms with Gasteiger partial charge in [-0.3, -0.25) is 0 Å². The van der Waals surface area contributed by atoms with Gasteiger partial charge < -0.3 is 20.7 Å². The van der Waals surface area contributed by atoms with Crippen LogP contribution in [-0.4, -0.2) is 50.0 Å². The number of hydrogen-bond donors (Lipinski definition) is 2. The molecule has 0 radical (unpaired) electrons. The first kappa shape index (κ1) is 23.2. The van der Waals surface area contributed by atoms with Crippen LogP contribution in [-0.2, 0) is 4.74 Å². The first-order valence-corrected chi connectivity index (χ1v) is 12.0. The summed E-state index contributed by atoms with van der Waals surface area (Å²) in [7, 11) is 2.10. The van der Waals surface area contributed by atoms with Crippen LogP contribution >= 0.6 is 11.9 Å². The van der Waals surface area contributed by atoms with Crippen molar-refractivity contribution in [1.29, 1.82) is 0 Å². The molecule has 3 aromatic rings. The molecule has 0 atom stereocenters. The number of nitrogens with two attached hydrogens (primary N) is 1. The molecule has 3 N–H and O–H groups in total. The molecular weight excluding hydrogens is 430 g/mol. The number of morpholine rings is 1. The quantitative estimate of drug-likeness (QED) is 0.206. The molecule has 0 unspecified atom stereocenters. The van der Waals surface area contributed by atoms with Crippen molar-refractivity contribution in [2.24, 2.45) is 4.99 Å². The minimum Gasteiger partial charge on any atom is -0.397 e. The Morgan fingerprint density at radius 1 is 1.00 bits per heavy atom. The SMILES string of the molecule is CN(CCC(=Nc1ccccc1N)Nc1ccc(N2CCOCC2)cc1)Sc1ccccc1. The number of benzene rings is 3. The van der Waals surface area contributed by atoms with Gasteiger partial charge in [0.2, 0.25) is 0 Å². The van der Waals surface area contributed by atoms with Crippen LogP contribution in [0.15, 0.2) is 88.8 Å². The molecule has 3 aromatic carbocycles. The maximum atomic E-state index is 6.16. The third kappa shape index (κ3) is 6.99. The van der Waals surface area contributed by atoms with Crippen LogP contribution in [0.5, 0.6) is 0 Å². The number of para-hydroxylation sites is 2. The van der Waals surface area contributed by atoms with Gasteiger partial charge in [0.15, 0.2) is 0 Å². The number of aliphatic imine (C=N–C) groups is 1. The Labute approximate surface area is 200 Å². The van der Waals surface area contributed by atoms with Gasteiger partial charge >= 0.3 is 0 Å². The summed E-state index contributed by atoms with van der Waals surface area (Å²) in [5, 5.41) is 3.52. The Kier molecular flexibility index (Phi) is 8.24. The first-order valence-electron chi connectivity index (χ1n) is 11.2. The summed E-state index contributed by atoms with van der Waals surface area (Å²) in [6.45, 7) is 4.26. The molecule has 172 valence electrons. The second-order valence-electron chi connectivity index (χ2n) is 7.89. The lowest BCUT2D eigenvalue weighted by molar-refractivity contribution is 0.122. The van der Waals surface area contributed by atoms with Gasteiger partial charge in [0.05, 0.1) is 24.6 Å². The average molecular weight is 462 g/mol. The van der Waals surface area contributed by atoms with Crippen molar-refractivity contribution in [2.75, 3.05) is 55.8 Å². The summed E-state index contributed by atoms with van der Waals surface area (Å²) in [6.07, 6.45) is 0.760. The fourth-order valence-electron chi connectivity index (χ4n) is 3.60. The highest BCUT2D eigenvalue weighted by atomic mass is 32.2. The van der Waals surface area contributed by atoms with Gasteiger partial charge in [-0.1, -0.05) is 30.3 Å². The summed E-state index contributed by atoms with van der Waals surface area (Å²) in [5.41, 5.74) is 9.84. The third-order valence-electron chi connectivity index (χ3n) is 5.39. The zero-order valence-corrected chi connectivity index (χ0v) is 19.8. The standard InChI is InChI=1S/C26H31N5OS/c1-30(33-23-7-3-2-4-8-23)16-15-26(29-25-10-6-5-9-24(25)27)28-21-11-13-22(14-12-21)31-17-19-32-20-18-31/h2-14H,15-20,27H2,1H3,(H,28,29). The zero-order chi connectivity index (χ0) is 22.9. The molecule has 1 aliphatic heterocycles. The fraction of sp³-hybridized carbons (Fsp3) is 0.269. The summed E-state index contributed by atoms with van der Waals surface area (Å²) in [6, 6.07) is 26.6. The molecule has 0 amide bonds. The van der Waals surface area contributed by atoms with Crippen LogP contribution in [0.4, 0.5) is 22.7 Å². The molecule has 1 saturated heterocycles. The molecule has 0 saturated carbocycles. The molecule has 1 aliphatic rings. The molecule has 33 heavy (non-hydrogen) atoms. The number of hydrogen-bond acceptors (Lipinski definition) is 6. The topological polar surface area (TPSA) is 66.1 Å². The molecule has 1 heterocycles. The third-order valence-corrected chi connectivity index (χ3v) is 6.37. The van der Waals surface area contributed by atoms with E-state index in [0.29, 0.717) is 5.69 Å². The van der Waals surface area contributed by atoms with E-state index in [-0.39, 0.29) is 0 Å². The van der Waals surface area contributed by atoms with E-state index >= 15 is 0 Å². The highest BCUT2D eigenvalue weighted by Crippen LogP contribution is 2.24. The Bertz CT molecular complexity index is 1040. The Morgan fingerprint density at radius 3 is 2.42 bits per heavy atom. The molecular formula is C26H31N5OS. The fourth-order valence-corrected chi connectivity index (χ4v) is 4.42. The lowest BCUT2D eigenvalue weighted by atomic mass is 10.2. The molecule has 7 heteroatoms. The molecule has 6 nitrogen and oxygen atoms in total. The minimum absolute atomic E-state index is 0.673. The molecule has 4 rings (SSSR count). The highest BCUT2D eigenvalue weighted by Gasteiger charge is 2.12. The number of nitrogens with zero attached hydrogens (tertiary/aromatic N) is 3. The molecule has 0 aromatic heterocycles. The van der Waals surface area contributed by atoms with Crippen molar-refractivity contribution >= 4 is 40.5 Å². The van der Waals surface area contributed by atoms with Crippen LogP contribution in [0, 0.1) is 0 Å². The van der Waals surface area contributed by atoms with E-state index in [0.717, 1.165) is 56.5 Å². The van der Waals surface area contributed by atoms with Crippen LogP contribution in [0.3, 0.4) is 0 Å². The second-order valence-corrected chi connectivity index (χ2v) is 9.17. The van der Waals surface area contributed by atoms with E-state index in [1.54, 1.807) is 11.9 Å². The average Bonchev–Trinajstić information content (AvgIpc) is 2.85. The van der Waals surface area contributed by atoms with Crippen molar-refractivity contribution in [2.45, 2.75) is 11.3 Å². The lowest BCUT2D eigenvalue weighted by Gasteiger charge is -2.29. The zero-order valence-electron chi connectivity index (χ0n) is 19.0. The van der Waals surface area contributed by atoms with E-state index in [9.17, 15) is 0 Å². The Morgan fingerprint density at radius 2 is 1.70 bits per heavy atom. The number of nitrogens with one attached hydrogen (secondary N) is 1. The van der Waals surface area contributed by atoms with Gasteiger partial charge in [-0.05, 0) is 67.5 Å². The van der Waals surface area contributed by atoms with E-state index < -0.39 is 0 Å². The molecule has 1 fully saturated rings. The van der Waals surface area contributed by atoms with E-state index in [2.05, 4.69) is 70.1 Å². The minimum atomic E-state index is 0.673. The maximum absolute atomic E-state index is 6.16. The van der Waals surface area contributed by atoms with Gasteiger partial charge in [0, 0.05) is 42.3 Å². The smallest absolute Gasteiger partial charge is 0.108 e. The normalized spacial score (nSPS) is 14.5. The highest BCUT2D eigenvalue weighted by molar-refractivity contribution is 7.97. The molecule has 0 aliphatic carbocycles. The summed E-state index contributed by atoms with van der Waals surface area (Å²) in [4.78, 5) is 8.43. The summed E-state index contributed by atoms with van der Waals surface area (Å²) >= 11 is 1.73. The molecule has 0 spiro atoms. The number of nitrogen functional groups attached to an aromatic ring is 1. The van der Waals surface area contributed by atoms with Crippen molar-refractivity contribution in [1.82, 2.24) is 4.31 Å². The van der Waals surface area contributed by atoms with E-state index in [4.69, 9.17) is 15.5 Å². The summed E-state index contributed by atoms with van der Waals surface area (Å²) in [5.74, 6) is 0.882. The number of amidine groups is 1. The van der Waals surface area contributed by atoms with Crippen LogP contribution < -0.4 is 16.0 Å². The largest absolute Gasteiger partial charge is 0.397 e. The number of rotatable bonds is 8. The van der Waals surface area contributed by atoms with Gasteiger partial charge in [0.25, 0.3) is 0 Å². The van der Waals surface area contributed by atoms with Gasteiger partial charge in [-0.25, -0.2) is 9.30 Å². The van der Waals surface area contributed by atoms with Gasteiger partial charge in [0.1, 0.15) is 5.84 Å². The van der Waals surface area contributed by atoms with Crippen LogP contribution in [0.25, 0.3) is 0 Å². The van der Waals surface area contributed by atoms with E-state index in [1.807, 2.05) is 30.3 Å². The summed E-state index contributed by atoms with van der Waals surface area (Å²) < 4.78 is 7.69. The monoisotopic (exact) mass is 461 g/mol. The Hall–Kier alpha value is -3.00. The van der Waals surface area contributed by atoms with Crippen LogP contribution in [0.2, 0.25) is 0 Å². The number of anilines is 3. The van der Waals surface area contributed by atoms with E-state index in [1.165, 1.54) is 10.6 Å². The predicted octanol–water partition coefficient (Wildman–Crippen LogP) is 5.28. The van der Waals surface area contributed by atoms with Crippen molar-refractivity contribution in [3.63, 3.8) is 0 Å². The lowest BCUT2D eigenvalue weighted by Crippen LogP contribution is -2.36. The maximum Gasteiger partial charge on any atom is 0.108 e.